The molecule has 2 heteroatoms. The van der Waals surface area contributed by atoms with E-state index in [2.05, 4.69) is 25.2 Å². The molecule has 1 heterocycles. The molecule has 1 saturated heterocycles. The Balaban J connectivity index is 1.93. The maximum atomic E-state index is 5.97. The molecular weight excluding hydrogens is 196 g/mol. The summed E-state index contributed by atoms with van der Waals surface area (Å²) in [7, 11) is 0. The van der Waals surface area contributed by atoms with Gasteiger partial charge in [-0.05, 0) is 31.6 Å². The average molecular weight is 213 g/mol. The minimum atomic E-state index is 0.488. The van der Waals surface area contributed by atoms with E-state index in [9.17, 15) is 0 Å². The van der Waals surface area contributed by atoms with Gasteiger partial charge in [0.05, 0.1) is 6.10 Å². The number of halogens is 1. The summed E-state index contributed by atoms with van der Waals surface area (Å²) in [6.07, 6.45) is 9.63. The van der Waals surface area contributed by atoms with Crippen molar-refractivity contribution in [1.29, 1.82) is 0 Å². The summed E-state index contributed by atoms with van der Waals surface area (Å²) in [6, 6.07) is 0. The Hall–Kier alpha value is -0.270. The molecule has 14 heavy (non-hydrogen) atoms. The van der Waals surface area contributed by atoms with E-state index in [0.29, 0.717) is 17.9 Å². The lowest BCUT2D eigenvalue weighted by molar-refractivity contribution is -0.0617. The summed E-state index contributed by atoms with van der Waals surface area (Å²) in [4.78, 5) is 0. The van der Waals surface area contributed by atoms with Crippen molar-refractivity contribution in [2.24, 2.45) is 11.8 Å². The van der Waals surface area contributed by atoms with Crippen LogP contribution in [0.5, 0.6) is 0 Å². The molecule has 1 aliphatic carbocycles. The van der Waals surface area contributed by atoms with Gasteiger partial charge in [0.15, 0.2) is 0 Å². The quantitative estimate of drug-likeness (QED) is 0.654. The monoisotopic (exact) mass is 212 g/mol. The smallest absolute Gasteiger partial charge is 0.0602 e. The van der Waals surface area contributed by atoms with Crippen LogP contribution >= 0.6 is 11.6 Å². The third-order valence-corrected chi connectivity index (χ3v) is 3.50. The second kappa shape index (κ2) is 4.50. The molecule has 0 aromatic heterocycles. The molecule has 2 unspecified atom stereocenters. The molecule has 2 rings (SSSR count). The summed E-state index contributed by atoms with van der Waals surface area (Å²) in [5.41, 5.74) is 1.33. The Labute approximate surface area is 90.8 Å². The lowest BCUT2D eigenvalue weighted by Gasteiger charge is -2.32. The summed E-state index contributed by atoms with van der Waals surface area (Å²) in [6.45, 7) is 3.08. The molecule has 0 N–H and O–H groups in total. The van der Waals surface area contributed by atoms with Crippen LogP contribution in [0.2, 0.25) is 0 Å². The SMILES string of the molecule is CC1=CC(CCl)[C@@H](CC2CCO2)C=C1. The van der Waals surface area contributed by atoms with E-state index in [1.54, 1.807) is 0 Å². The Kier molecular flexibility index (Phi) is 3.30. The number of hydrogen-bond donors (Lipinski definition) is 0. The second-order valence-corrected chi connectivity index (χ2v) is 4.58. The molecule has 1 aliphatic heterocycles. The first-order valence-electron chi connectivity index (χ1n) is 5.34. The van der Waals surface area contributed by atoms with Crippen LogP contribution in [-0.4, -0.2) is 18.6 Å². The molecule has 1 fully saturated rings. The van der Waals surface area contributed by atoms with E-state index in [1.807, 2.05) is 0 Å². The van der Waals surface area contributed by atoms with E-state index >= 15 is 0 Å². The van der Waals surface area contributed by atoms with Crippen molar-refractivity contribution in [2.45, 2.75) is 25.9 Å². The van der Waals surface area contributed by atoms with Gasteiger partial charge < -0.3 is 4.74 Å². The molecule has 0 spiro atoms. The maximum absolute atomic E-state index is 5.97. The lowest BCUT2D eigenvalue weighted by atomic mass is 9.82. The molecule has 3 atom stereocenters. The van der Waals surface area contributed by atoms with Gasteiger partial charge in [-0.2, -0.15) is 0 Å². The Morgan fingerprint density at radius 3 is 2.86 bits per heavy atom. The van der Waals surface area contributed by atoms with E-state index in [0.717, 1.165) is 18.9 Å². The highest BCUT2D eigenvalue weighted by Crippen LogP contribution is 2.31. The number of allylic oxidation sites excluding steroid dienone is 4. The average Bonchev–Trinajstić information content (AvgIpc) is 2.13. The van der Waals surface area contributed by atoms with E-state index in [-0.39, 0.29) is 0 Å². The van der Waals surface area contributed by atoms with Crippen molar-refractivity contribution in [3.05, 3.63) is 23.8 Å². The van der Waals surface area contributed by atoms with Crippen LogP contribution < -0.4 is 0 Å². The highest BCUT2D eigenvalue weighted by molar-refractivity contribution is 6.18. The third-order valence-electron chi connectivity index (χ3n) is 3.14. The van der Waals surface area contributed by atoms with Crippen LogP contribution in [0.4, 0.5) is 0 Å². The first-order valence-corrected chi connectivity index (χ1v) is 5.87. The number of ether oxygens (including phenoxy) is 1. The van der Waals surface area contributed by atoms with E-state index < -0.39 is 0 Å². The van der Waals surface area contributed by atoms with E-state index in [1.165, 1.54) is 12.0 Å². The number of alkyl halides is 1. The van der Waals surface area contributed by atoms with Gasteiger partial charge in [0.1, 0.15) is 0 Å². The number of rotatable bonds is 3. The Bertz CT molecular complexity index is 253. The second-order valence-electron chi connectivity index (χ2n) is 4.27. The maximum Gasteiger partial charge on any atom is 0.0602 e. The Morgan fingerprint density at radius 2 is 2.29 bits per heavy atom. The minimum Gasteiger partial charge on any atom is -0.378 e. The third kappa shape index (κ3) is 2.21. The largest absolute Gasteiger partial charge is 0.378 e. The fourth-order valence-corrected chi connectivity index (χ4v) is 2.44. The normalized spacial score (nSPS) is 36.4. The van der Waals surface area contributed by atoms with Crippen LogP contribution in [0.1, 0.15) is 19.8 Å². The lowest BCUT2D eigenvalue weighted by Crippen LogP contribution is -2.31. The van der Waals surface area contributed by atoms with Crippen molar-refractivity contribution in [1.82, 2.24) is 0 Å². The Morgan fingerprint density at radius 1 is 1.50 bits per heavy atom. The minimum absolute atomic E-state index is 0.488. The van der Waals surface area contributed by atoms with Crippen molar-refractivity contribution < 1.29 is 4.74 Å². The summed E-state index contributed by atoms with van der Waals surface area (Å²) in [5, 5.41) is 0. The molecule has 0 amide bonds. The van der Waals surface area contributed by atoms with Crippen LogP contribution in [0.3, 0.4) is 0 Å². The summed E-state index contributed by atoms with van der Waals surface area (Å²) < 4.78 is 5.46. The predicted molar refractivity (Wildman–Crippen MR) is 59.6 cm³/mol. The molecule has 2 aliphatic rings. The van der Waals surface area contributed by atoms with Gasteiger partial charge in [-0.1, -0.05) is 23.8 Å². The van der Waals surface area contributed by atoms with Gasteiger partial charge in [-0.15, -0.1) is 11.6 Å². The molecule has 0 aromatic carbocycles. The highest BCUT2D eigenvalue weighted by atomic mass is 35.5. The van der Waals surface area contributed by atoms with Crippen LogP contribution in [0, 0.1) is 11.8 Å². The summed E-state index contributed by atoms with van der Waals surface area (Å²) in [5.74, 6) is 1.81. The van der Waals surface area contributed by atoms with Crippen molar-refractivity contribution in [2.75, 3.05) is 12.5 Å². The predicted octanol–water partition coefficient (Wildman–Crippen LogP) is 3.15. The highest BCUT2D eigenvalue weighted by Gasteiger charge is 2.26. The summed E-state index contributed by atoms with van der Waals surface area (Å²) >= 11 is 5.97. The van der Waals surface area contributed by atoms with Gasteiger partial charge in [-0.3, -0.25) is 0 Å². The van der Waals surface area contributed by atoms with Crippen LogP contribution in [-0.2, 0) is 4.74 Å². The fraction of sp³-hybridized carbons (Fsp3) is 0.667. The van der Waals surface area contributed by atoms with Gasteiger partial charge in [0.2, 0.25) is 0 Å². The van der Waals surface area contributed by atoms with E-state index in [4.69, 9.17) is 16.3 Å². The standard InChI is InChI=1S/C12H17ClO/c1-9-2-3-10(11(6-9)8-13)7-12-4-5-14-12/h2-3,6,10-12H,4-5,7-8H2,1H3/t10-,11?,12?/m1/s1. The molecule has 78 valence electrons. The van der Waals surface area contributed by atoms with Crippen LogP contribution in [0.25, 0.3) is 0 Å². The van der Waals surface area contributed by atoms with Crippen LogP contribution in [0.15, 0.2) is 23.8 Å². The molecular formula is C12H17ClO. The van der Waals surface area contributed by atoms with Crippen molar-refractivity contribution >= 4 is 11.6 Å². The molecule has 1 nitrogen and oxygen atoms in total. The van der Waals surface area contributed by atoms with Crippen molar-refractivity contribution in [3.63, 3.8) is 0 Å². The van der Waals surface area contributed by atoms with Gasteiger partial charge in [-0.25, -0.2) is 0 Å². The van der Waals surface area contributed by atoms with Gasteiger partial charge in [0.25, 0.3) is 0 Å². The molecule has 0 radical (unpaired) electrons. The zero-order valence-corrected chi connectivity index (χ0v) is 9.33. The molecule has 0 aromatic rings. The molecule has 0 bridgehead atoms. The topological polar surface area (TPSA) is 9.23 Å². The zero-order valence-electron chi connectivity index (χ0n) is 8.58. The first kappa shape index (κ1) is 10.3. The first-order chi connectivity index (χ1) is 6.79. The fourth-order valence-electron chi connectivity index (χ4n) is 2.12. The van der Waals surface area contributed by atoms with Gasteiger partial charge >= 0.3 is 0 Å². The van der Waals surface area contributed by atoms with Gasteiger partial charge in [0, 0.05) is 12.5 Å². The molecule has 0 saturated carbocycles. The van der Waals surface area contributed by atoms with Crippen molar-refractivity contribution in [3.8, 4) is 0 Å². The number of hydrogen-bond acceptors (Lipinski definition) is 1. The zero-order chi connectivity index (χ0) is 9.97.